The molecular formula is C11H11ClN2S. The average Bonchev–Trinajstić information content (AvgIpc) is 2.61. The molecule has 0 radical (unpaired) electrons. The molecule has 0 saturated heterocycles. The van der Waals surface area contributed by atoms with E-state index in [1.54, 1.807) is 11.8 Å². The van der Waals surface area contributed by atoms with Crippen molar-refractivity contribution in [2.24, 2.45) is 7.05 Å². The van der Waals surface area contributed by atoms with Crippen LogP contribution in [0.4, 0.5) is 0 Å². The van der Waals surface area contributed by atoms with Crippen molar-refractivity contribution in [1.29, 1.82) is 0 Å². The molecule has 1 heterocycles. The van der Waals surface area contributed by atoms with E-state index in [0.29, 0.717) is 0 Å². The molecule has 1 aromatic heterocycles. The second kappa shape index (κ2) is 4.29. The van der Waals surface area contributed by atoms with Crippen LogP contribution in [0.1, 0.15) is 0 Å². The quantitative estimate of drug-likeness (QED) is 0.746. The first-order valence-electron chi connectivity index (χ1n) is 4.54. The van der Waals surface area contributed by atoms with Crippen molar-refractivity contribution in [2.75, 3.05) is 6.26 Å². The second-order valence-corrected chi connectivity index (χ2v) is 4.47. The normalized spacial score (nSPS) is 10.6. The topological polar surface area (TPSA) is 17.8 Å². The van der Waals surface area contributed by atoms with E-state index in [1.807, 2.05) is 42.3 Å². The maximum absolute atomic E-state index is 5.84. The van der Waals surface area contributed by atoms with Gasteiger partial charge in [-0.25, -0.2) is 0 Å². The summed E-state index contributed by atoms with van der Waals surface area (Å²) in [5.74, 6) is 0. The van der Waals surface area contributed by atoms with Crippen molar-refractivity contribution in [3.05, 3.63) is 35.4 Å². The maximum Gasteiger partial charge on any atom is 0.118 e. The lowest BCUT2D eigenvalue weighted by Gasteiger charge is -2.00. The van der Waals surface area contributed by atoms with Crippen LogP contribution < -0.4 is 0 Å². The van der Waals surface area contributed by atoms with Crippen LogP contribution in [-0.4, -0.2) is 16.0 Å². The van der Waals surface area contributed by atoms with E-state index >= 15 is 0 Å². The molecule has 15 heavy (non-hydrogen) atoms. The molecular weight excluding hydrogens is 228 g/mol. The average molecular weight is 239 g/mol. The van der Waals surface area contributed by atoms with Gasteiger partial charge in [-0.05, 0) is 30.0 Å². The smallest absolute Gasteiger partial charge is 0.118 e. The summed E-state index contributed by atoms with van der Waals surface area (Å²) < 4.78 is 1.88. The number of nitrogens with zero attached hydrogens (tertiary/aromatic N) is 2. The standard InChI is InChI=1S/C11H11ClN2S/c1-14-10(7-11(13-14)15-2)8-3-5-9(12)6-4-8/h3-7H,1-2H3. The van der Waals surface area contributed by atoms with Gasteiger partial charge < -0.3 is 0 Å². The number of hydrogen-bond donors (Lipinski definition) is 0. The summed E-state index contributed by atoms with van der Waals surface area (Å²) in [5.41, 5.74) is 2.24. The minimum Gasteiger partial charge on any atom is -0.267 e. The Kier molecular flexibility index (Phi) is 3.03. The van der Waals surface area contributed by atoms with Gasteiger partial charge in [-0.15, -0.1) is 11.8 Å². The molecule has 0 atom stereocenters. The summed E-state index contributed by atoms with van der Waals surface area (Å²) in [6, 6.07) is 9.87. The third-order valence-corrected chi connectivity index (χ3v) is 3.08. The summed E-state index contributed by atoms with van der Waals surface area (Å²) >= 11 is 7.49. The lowest BCUT2D eigenvalue weighted by atomic mass is 10.1. The fraction of sp³-hybridized carbons (Fsp3) is 0.182. The van der Waals surface area contributed by atoms with Gasteiger partial charge in [-0.1, -0.05) is 23.7 Å². The number of hydrogen-bond acceptors (Lipinski definition) is 2. The number of halogens is 1. The van der Waals surface area contributed by atoms with E-state index in [9.17, 15) is 0 Å². The highest BCUT2D eigenvalue weighted by molar-refractivity contribution is 7.98. The minimum atomic E-state index is 0.756. The van der Waals surface area contributed by atoms with Gasteiger partial charge in [-0.2, -0.15) is 5.10 Å². The van der Waals surface area contributed by atoms with E-state index in [2.05, 4.69) is 11.2 Å². The molecule has 0 amide bonds. The van der Waals surface area contributed by atoms with Crippen LogP contribution in [0.5, 0.6) is 0 Å². The first-order valence-corrected chi connectivity index (χ1v) is 6.15. The molecule has 1 aromatic carbocycles. The van der Waals surface area contributed by atoms with E-state index < -0.39 is 0 Å². The van der Waals surface area contributed by atoms with Gasteiger partial charge in [0.05, 0.1) is 5.69 Å². The molecule has 4 heteroatoms. The summed E-state index contributed by atoms with van der Waals surface area (Å²) in [4.78, 5) is 0. The fourth-order valence-corrected chi connectivity index (χ4v) is 1.99. The molecule has 0 aliphatic rings. The number of aryl methyl sites for hydroxylation is 1. The molecule has 2 aromatic rings. The Balaban J connectivity index is 2.44. The molecule has 2 nitrogen and oxygen atoms in total. The molecule has 0 aliphatic carbocycles. The molecule has 0 aliphatic heterocycles. The Hall–Kier alpha value is -0.930. The van der Waals surface area contributed by atoms with Gasteiger partial charge in [0.1, 0.15) is 5.03 Å². The van der Waals surface area contributed by atoms with Crippen molar-refractivity contribution in [2.45, 2.75) is 5.03 Å². The van der Waals surface area contributed by atoms with Crippen molar-refractivity contribution < 1.29 is 0 Å². The van der Waals surface area contributed by atoms with Gasteiger partial charge in [0.25, 0.3) is 0 Å². The van der Waals surface area contributed by atoms with Gasteiger partial charge in [0.15, 0.2) is 0 Å². The number of aromatic nitrogens is 2. The summed E-state index contributed by atoms with van der Waals surface area (Å²) in [5, 5.41) is 6.16. The van der Waals surface area contributed by atoms with Crippen LogP contribution in [0.2, 0.25) is 5.02 Å². The van der Waals surface area contributed by atoms with Crippen LogP contribution >= 0.6 is 23.4 Å². The molecule has 78 valence electrons. The van der Waals surface area contributed by atoms with Crippen LogP contribution in [0.15, 0.2) is 35.4 Å². The zero-order valence-electron chi connectivity index (χ0n) is 8.57. The van der Waals surface area contributed by atoms with Gasteiger partial charge >= 0.3 is 0 Å². The maximum atomic E-state index is 5.84. The zero-order chi connectivity index (χ0) is 10.8. The monoisotopic (exact) mass is 238 g/mol. The summed E-state index contributed by atoms with van der Waals surface area (Å²) in [7, 11) is 1.95. The number of thioether (sulfide) groups is 1. The number of rotatable bonds is 2. The Morgan fingerprint density at radius 2 is 1.93 bits per heavy atom. The predicted molar refractivity (Wildman–Crippen MR) is 65.4 cm³/mol. The fourth-order valence-electron chi connectivity index (χ4n) is 1.43. The Labute approximate surface area is 98.3 Å². The highest BCUT2D eigenvalue weighted by Crippen LogP contribution is 2.24. The van der Waals surface area contributed by atoms with Crippen molar-refractivity contribution in [3.8, 4) is 11.3 Å². The van der Waals surface area contributed by atoms with E-state index in [0.717, 1.165) is 21.3 Å². The highest BCUT2D eigenvalue weighted by atomic mass is 35.5. The van der Waals surface area contributed by atoms with Crippen LogP contribution in [-0.2, 0) is 7.05 Å². The third-order valence-electron chi connectivity index (χ3n) is 2.21. The summed E-state index contributed by atoms with van der Waals surface area (Å²) in [6.07, 6.45) is 2.02. The van der Waals surface area contributed by atoms with Crippen molar-refractivity contribution in [1.82, 2.24) is 9.78 Å². The van der Waals surface area contributed by atoms with Crippen molar-refractivity contribution >= 4 is 23.4 Å². The largest absolute Gasteiger partial charge is 0.267 e. The van der Waals surface area contributed by atoms with Crippen LogP contribution in [0, 0.1) is 0 Å². The minimum absolute atomic E-state index is 0.756. The Bertz CT molecular complexity index is 462. The van der Waals surface area contributed by atoms with E-state index in [4.69, 9.17) is 11.6 Å². The lowest BCUT2D eigenvalue weighted by molar-refractivity contribution is 0.745. The molecule has 2 rings (SSSR count). The Morgan fingerprint density at radius 3 is 2.47 bits per heavy atom. The summed E-state index contributed by atoms with van der Waals surface area (Å²) in [6.45, 7) is 0. The molecule has 0 saturated carbocycles. The highest BCUT2D eigenvalue weighted by Gasteiger charge is 2.06. The van der Waals surface area contributed by atoms with Gasteiger partial charge in [-0.3, -0.25) is 4.68 Å². The van der Waals surface area contributed by atoms with Gasteiger partial charge in [0, 0.05) is 12.1 Å². The zero-order valence-corrected chi connectivity index (χ0v) is 10.1. The van der Waals surface area contributed by atoms with Gasteiger partial charge in [0.2, 0.25) is 0 Å². The Morgan fingerprint density at radius 1 is 1.27 bits per heavy atom. The molecule has 0 fully saturated rings. The van der Waals surface area contributed by atoms with Crippen molar-refractivity contribution in [3.63, 3.8) is 0 Å². The SMILES string of the molecule is CSc1cc(-c2ccc(Cl)cc2)n(C)n1. The predicted octanol–water partition coefficient (Wildman–Crippen LogP) is 3.46. The second-order valence-electron chi connectivity index (χ2n) is 3.20. The molecule has 0 spiro atoms. The van der Waals surface area contributed by atoms with Crippen LogP contribution in [0.25, 0.3) is 11.3 Å². The first kappa shape index (κ1) is 10.6. The lowest BCUT2D eigenvalue weighted by Crippen LogP contribution is -1.93. The van der Waals surface area contributed by atoms with Crippen LogP contribution in [0.3, 0.4) is 0 Å². The number of benzene rings is 1. The third kappa shape index (κ3) is 2.19. The molecule has 0 unspecified atom stereocenters. The molecule has 0 bridgehead atoms. The first-order chi connectivity index (χ1) is 7.20. The van der Waals surface area contributed by atoms with E-state index in [1.165, 1.54) is 0 Å². The molecule has 0 N–H and O–H groups in total. The van der Waals surface area contributed by atoms with E-state index in [-0.39, 0.29) is 0 Å².